The Labute approximate surface area is 167 Å². The van der Waals surface area contributed by atoms with E-state index in [0.29, 0.717) is 19.4 Å². The zero-order valence-electron chi connectivity index (χ0n) is 16.1. The number of carbonyl (C=O) groups excluding carboxylic acids is 2. The van der Waals surface area contributed by atoms with Crippen molar-refractivity contribution in [2.75, 3.05) is 11.4 Å². The summed E-state index contributed by atoms with van der Waals surface area (Å²) in [6.45, 7) is 2.46. The fourth-order valence-electron chi connectivity index (χ4n) is 6.48. The summed E-state index contributed by atoms with van der Waals surface area (Å²) in [5.41, 5.74) is -0.199. The van der Waals surface area contributed by atoms with Gasteiger partial charge in [0.1, 0.15) is 11.5 Å². The summed E-state index contributed by atoms with van der Waals surface area (Å²) < 4.78 is 6.38. The van der Waals surface area contributed by atoms with Gasteiger partial charge in [-0.3, -0.25) is 14.4 Å². The molecular formula is C22H22N2O5. The fourth-order valence-corrected chi connectivity index (χ4v) is 6.48. The van der Waals surface area contributed by atoms with Crippen LogP contribution in [0.3, 0.4) is 0 Å². The highest BCUT2D eigenvalue weighted by Gasteiger charge is 2.75. The maximum absolute atomic E-state index is 13.6. The number of likely N-dealkylation sites (tertiary alicyclic amines) is 1. The lowest BCUT2D eigenvalue weighted by atomic mass is 9.69. The van der Waals surface area contributed by atoms with Crippen LogP contribution in [0.1, 0.15) is 37.8 Å². The number of hydrogen-bond acceptors (Lipinski definition) is 4. The van der Waals surface area contributed by atoms with Gasteiger partial charge in [0.2, 0.25) is 11.8 Å². The summed E-state index contributed by atoms with van der Waals surface area (Å²) in [5, 5.41) is 9.91. The van der Waals surface area contributed by atoms with Crippen molar-refractivity contribution in [3.05, 3.63) is 42.0 Å². The largest absolute Gasteiger partial charge is 0.481 e. The van der Waals surface area contributed by atoms with Gasteiger partial charge in [-0.25, -0.2) is 0 Å². The van der Waals surface area contributed by atoms with E-state index in [1.807, 2.05) is 41.3 Å². The maximum Gasteiger partial charge on any atom is 0.310 e. The summed E-state index contributed by atoms with van der Waals surface area (Å²) >= 11 is 0. The maximum atomic E-state index is 13.6. The van der Waals surface area contributed by atoms with Crippen LogP contribution in [0.15, 0.2) is 36.4 Å². The second-order valence-corrected chi connectivity index (χ2v) is 8.99. The Morgan fingerprint density at radius 3 is 2.76 bits per heavy atom. The SMILES string of the molecule is C[C@@]12C=C[C@]3(O1)[C@@H]1C[C@H](N4CCCC4=O)c4ccccc4N1C(=O)[C@H]3[C@H]2C(=O)O. The number of para-hydroxylation sites is 1. The third kappa shape index (κ3) is 1.89. The molecule has 0 saturated carbocycles. The van der Waals surface area contributed by atoms with Crippen LogP contribution in [0.25, 0.3) is 0 Å². The van der Waals surface area contributed by atoms with Gasteiger partial charge >= 0.3 is 5.97 Å². The predicted molar refractivity (Wildman–Crippen MR) is 102 cm³/mol. The zero-order valence-corrected chi connectivity index (χ0v) is 16.1. The Balaban J connectivity index is 1.52. The fraction of sp³-hybridized carbons (Fsp3) is 0.500. The molecule has 3 fully saturated rings. The summed E-state index contributed by atoms with van der Waals surface area (Å²) in [6.07, 6.45) is 5.67. The molecule has 2 amide bonds. The molecular weight excluding hydrogens is 372 g/mol. The first-order valence-corrected chi connectivity index (χ1v) is 10.2. The normalized spacial score (nSPS) is 41.7. The third-order valence-electron chi connectivity index (χ3n) is 7.60. The molecule has 150 valence electrons. The molecule has 1 spiro atoms. The van der Waals surface area contributed by atoms with Crippen LogP contribution in [-0.4, -0.2) is 51.6 Å². The molecule has 5 aliphatic heterocycles. The van der Waals surface area contributed by atoms with Crippen molar-refractivity contribution < 1.29 is 24.2 Å². The number of ether oxygens (including phenoxy) is 1. The highest BCUT2D eigenvalue weighted by Crippen LogP contribution is 2.63. The van der Waals surface area contributed by atoms with Gasteiger partial charge in [-0.1, -0.05) is 30.4 Å². The molecule has 7 heteroatoms. The minimum atomic E-state index is -1.00. The van der Waals surface area contributed by atoms with Gasteiger partial charge in [-0.05, 0) is 31.4 Å². The van der Waals surface area contributed by atoms with Crippen LogP contribution in [0.2, 0.25) is 0 Å². The Morgan fingerprint density at radius 1 is 1.24 bits per heavy atom. The standard InChI is InChI=1S/C22H22N2O5/c1-21-8-9-22(29-21)15-11-14(23-10-4-7-16(23)25)12-5-2-3-6-13(12)24(15)19(26)17(22)18(21)20(27)28/h2-3,5-6,8-9,14-15,17-18H,4,7,10-11H2,1H3,(H,27,28)/t14-,15-,17+,18-,21-,22-/m0/s1. The van der Waals surface area contributed by atoms with Gasteiger partial charge in [0.05, 0.1) is 23.6 Å². The number of nitrogens with zero attached hydrogens (tertiary/aromatic N) is 2. The number of amides is 2. The molecule has 0 radical (unpaired) electrons. The van der Waals surface area contributed by atoms with Crippen molar-refractivity contribution >= 4 is 23.5 Å². The molecule has 5 heterocycles. The topological polar surface area (TPSA) is 87.2 Å². The monoisotopic (exact) mass is 394 g/mol. The number of fused-ring (bicyclic) bond motifs is 4. The number of aliphatic carboxylic acids is 1. The predicted octanol–water partition coefficient (Wildman–Crippen LogP) is 1.88. The van der Waals surface area contributed by atoms with Gasteiger partial charge in [0, 0.05) is 18.7 Å². The van der Waals surface area contributed by atoms with Crippen LogP contribution >= 0.6 is 0 Å². The molecule has 1 aromatic rings. The van der Waals surface area contributed by atoms with E-state index in [1.54, 1.807) is 11.8 Å². The van der Waals surface area contributed by atoms with Gasteiger partial charge in [0.25, 0.3) is 0 Å². The summed E-state index contributed by atoms with van der Waals surface area (Å²) in [4.78, 5) is 41.9. The molecule has 2 bridgehead atoms. The van der Waals surface area contributed by atoms with Crippen LogP contribution in [-0.2, 0) is 19.1 Å². The summed E-state index contributed by atoms with van der Waals surface area (Å²) in [6, 6.07) is 7.23. The first kappa shape index (κ1) is 17.2. The third-order valence-corrected chi connectivity index (χ3v) is 7.60. The van der Waals surface area contributed by atoms with Crippen LogP contribution in [0, 0.1) is 11.8 Å². The molecule has 0 aliphatic carbocycles. The number of carbonyl (C=O) groups is 3. The van der Waals surface area contributed by atoms with Crippen molar-refractivity contribution in [2.45, 2.75) is 49.5 Å². The van der Waals surface area contributed by atoms with E-state index in [4.69, 9.17) is 4.74 Å². The van der Waals surface area contributed by atoms with Crippen molar-refractivity contribution in [3.63, 3.8) is 0 Å². The van der Waals surface area contributed by atoms with E-state index < -0.39 is 29.0 Å². The molecule has 1 aromatic carbocycles. The average molecular weight is 394 g/mol. The van der Waals surface area contributed by atoms with Crippen molar-refractivity contribution in [3.8, 4) is 0 Å². The minimum Gasteiger partial charge on any atom is -0.481 e. The van der Waals surface area contributed by atoms with Crippen LogP contribution < -0.4 is 4.90 Å². The van der Waals surface area contributed by atoms with E-state index in [-0.39, 0.29) is 23.9 Å². The lowest BCUT2D eigenvalue weighted by Crippen LogP contribution is -2.51. The molecule has 5 aliphatic rings. The van der Waals surface area contributed by atoms with Crippen LogP contribution in [0.4, 0.5) is 5.69 Å². The van der Waals surface area contributed by atoms with Crippen LogP contribution in [0.5, 0.6) is 0 Å². The van der Waals surface area contributed by atoms with E-state index in [0.717, 1.165) is 17.7 Å². The van der Waals surface area contributed by atoms with E-state index in [1.165, 1.54) is 0 Å². The van der Waals surface area contributed by atoms with Gasteiger partial charge < -0.3 is 19.6 Å². The highest BCUT2D eigenvalue weighted by atomic mass is 16.5. The zero-order chi connectivity index (χ0) is 20.1. The summed E-state index contributed by atoms with van der Waals surface area (Å²) in [7, 11) is 0. The summed E-state index contributed by atoms with van der Waals surface area (Å²) in [5.74, 6) is -2.71. The number of carboxylic acid groups (broad SMARTS) is 1. The van der Waals surface area contributed by atoms with Gasteiger partial charge in [-0.2, -0.15) is 0 Å². The second kappa shape index (κ2) is 5.27. The van der Waals surface area contributed by atoms with E-state index in [2.05, 4.69) is 0 Å². The first-order chi connectivity index (χ1) is 13.9. The van der Waals surface area contributed by atoms with Gasteiger partial charge in [-0.15, -0.1) is 0 Å². The minimum absolute atomic E-state index is 0.129. The van der Waals surface area contributed by atoms with Gasteiger partial charge in [0.15, 0.2) is 0 Å². The molecule has 0 aromatic heterocycles. The lowest BCUT2D eigenvalue weighted by molar-refractivity contribution is -0.148. The number of rotatable bonds is 2. The number of hydrogen-bond donors (Lipinski definition) is 1. The van der Waals surface area contributed by atoms with Crippen molar-refractivity contribution in [2.24, 2.45) is 11.8 Å². The van der Waals surface area contributed by atoms with E-state index in [9.17, 15) is 19.5 Å². The Bertz CT molecular complexity index is 1000. The first-order valence-electron chi connectivity index (χ1n) is 10.2. The Morgan fingerprint density at radius 2 is 2.03 bits per heavy atom. The molecule has 0 unspecified atom stereocenters. The van der Waals surface area contributed by atoms with E-state index >= 15 is 0 Å². The number of anilines is 1. The molecule has 3 saturated heterocycles. The van der Waals surface area contributed by atoms with Crippen molar-refractivity contribution in [1.29, 1.82) is 0 Å². The molecule has 6 rings (SSSR count). The smallest absolute Gasteiger partial charge is 0.310 e. The molecule has 6 atom stereocenters. The quantitative estimate of drug-likeness (QED) is 0.774. The number of carboxylic acids is 1. The molecule has 7 nitrogen and oxygen atoms in total. The average Bonchev–Trinajstić information content (AvgIpc) is 3.39. The highest BCUT2D eigenvalue weighted by molar-refractivity contribution is 6.04. The lowest BCUT2D eigenvalue weighted by Gasteiger charge is -2.44. The Hall–Kier alpha value is -2.67. The van der Waals surface area contributed by atoms with Crippen molar-refractivity contribution in [1.82, 2.24) is 4.90 Å². The second-order valence-electron chi connectivity index (χ2n) is 8.99. The molecule has 29 heavy (non-hydrogen) atoms. The number of benzene rings is 1. The molecule has 1 N–H and O–H groups in total. The Kier molecular flexibility index (Phi) is 3.13.